The van der Waals surface area contributed by atoms with E-state index in [0.717, 1.165) is 36.3 Å². The number of aryl methyl sites for hydroxylation is 1. The fraction of sp³-hybridized carbons (Fsp3) is 0.556. The van der Waals surface area contributed by atoms with E-state index in [2.05, 4.69) is 18.8 Å². The summed E-state index contributed by atoms with van der Waals surface area (Å²) in [6, 6.07) is 4.01. The first kappa shape index (κ1) is 17.2. The predicted octanol–water partition coefficient (Wildman–Crippen LogP) is 4.23. The summed E-state index contributed by atoms with van der Waals surface area (Å²) in [7, 11) is 0. The summed E-state index contributed by atoms with van der Waals surface area (Å²) in [4.78, 5) is 0. The minimum atomic E-state index is 0.583. The van der Waals surface area contributed by atoms with Gasteiger partial charge in [-0.2, -0.15) is 0 Å². The molecule has 0 saturated carbocycles. The van der Waals surface area contributed by atoms with Gasteiger partial charge in [-0.25, -0.2) is 0 Å². The van der Waals surface area contributed by atoms with Gasteiger partial charge in [0.05, 0.1) is 19.8 Å². The van der Waals surface area contributed by atoms with E-state index < -0.39 is 0 Å². The second-order valence-corrected chi connectivity index (χ2v) is 4.39. The van der Waals surface area contributed by atoms with Gasteiger partial charge in [-0.05, 0) is 38.8 Å². The lowest BCUT2D eigenvalue weighted by molar-refractivity contribution is 0.259. The quantitative estimate of drug-likeness (QED) is 0.671. The van der Waals surface area contributed by atoms with Gasteiger partial charge in [0.15, 0.2) is 11.5 Å². The highest BCUT2D eigenvalue weighted by atomic mass is 16.5. The SMILES string of the molecule is CCC#CCCc1ccc(OCC)c(OCC)c1OCC. The van der Waals surface area contributed by atoms with Crippen molar-refractivity contribution in [3.8, 4) is 29.1 Å². The van der Waals surface area contributed by atoms with Gasteiger partial charge in [0.25, 0.3) is 0 Å². The van der Waals surface area contributed by atoms with Crippen molar-refractivity contribution in [2.24, 2.45) is 0 Å². The van der Waals surface area contributed by atoms with Crippen molar-refractivity contribution in [2.45, 2.75) is 47.0 Å². The lowest BCUT2D eigenvalue weighted by Crippen LogP contribution is -2.05. The summed E-state index contributed by atoms with van der Waals surface area (Å²) in [5.41, 5.74) is 1.12. The van der Waals surface area contributed by atoms with Crippen LogP contribution in [0.1, 0.15) is 46.1 Å². The maximum absolute atomic E-state index is 5.81. The standard InChI is InChI=1S/C18H26O3/c1-5-9-10-11-12-15-13-14-16(19-6-2)18(21-8-4)17(15)20-7-3/h13-14H,5-8,11-12H2,1-4H3. The molecule has 116 valence electrons. The zero-order valence-corrected chi connectivity index (χ0v) is 13.6. The predicted molar refractivity (Wildman–Crippen MR) is 86.3 cm³/mol. The van der Waals surface area contributed by atoms with E-state index in [1.807, 2.05) is 32.9 Å². The minimum Gasteiger partial charge on any atom is -0.490 e. The molecule has 0 radical (unpaired) electrons. The Morgan fingerprint density at radius 3 is 2.10 bits per heavy atom. The molecule has 1 aromatic carbocycles. The molecule has 0 aliphatic carbocycles. The van der Waals surface area contributed by atoms with E-state index >= 15 is 0 Å². The Morgan fingerprint density at radius 1 is 0.810 bits per heavy atom. The minimum absolute atomic E-state index is 0.583. The number of hydrogen-bond acceptors (Lipinski definition) is 3. The van der Waals surface area contributed by atoms with Crippen molar-refractivity contribution in [3.05, 3.63) is 17.7 Å². The molecule has 3 nitrogen and oxygen atoms in total. The second-order valence-electron chi connectivity index (χ2n) is 4.39. The molecule has 0 fully saturated rings. The molecule has 0 amide bonds. The average Bonchev–Trinajstić information content (AvgIpc) is 2.49. The van der Waals surface area contributed by atoms with Crippen LogP contribution in [0.25, 0.3) is 0 Å². The zero-order valence-electron chi connectivity index (χ0n) is 13.6. The molecule has 0 unspecified atom stereocenters. The smallest absolute Gasteiger partial charge is 0.203 e. The third-order valence-electron chi connectivity index (χ3n) is 2.86. The fourth-order valence-corrected chi connectivity index (χ4v) is 2.05. The van der Waals surface area contributed by atoms with Crippen molar-refractivity contribution in [2.75, 3.05) is 19.8 Å². The highest BCUT2D eigenvalue weighted by Crippen LogP contribution is 2.41. The number of benzene rings is 1. The Morgan fingerprint density at radius 2 is 1.48 bits per heavy atom. The topological polar surface area (TPSA) is 27.7 Å². The first-order chi connectivity index (χ1) is 10.3. The summed E-state index contributed by atoms with van der Waals surface area (Å²) in [5, 5.41) is 0. The maximum atomic E-state index is 5.81. The maximum Gasteiger partial charge on any atom is 0.203 e. The highest BCUT2D eigenvalue weighted by molar-refractivity contribution is 5.56. The molecule has 0 heterocycles. The summed E-state index contributed by atoms with van der Waals surface area (Å²) < 4.78 is 17.2. The van der Waals surface area contributed by atoms with E-state index in [9.17, 15) is 0 Å². The Hall–Kier alpha value is -1.82. The van der Waals surface area contributed by atoms with E-state index in [1.165, 1.54) is 0 Å². The van der Waals surface area contributed by atoms with Crippen LogP contribution in [0, 0.1) is 11.8 Å². The molecule has 0 aliphatic rings. The Kier molecular flexibility index (Phi) is 8.19. The summed E-state index contributed by atoms with van der Waals surface area (Å²) >= 11 is 0. The van der Waals surface area contributed by atoms with Gasteiger partial charge in [-0.15, -0.1) is 11.8 Å². The van der Waals surface area contributed by atoms with Gasteiger partial charge >= 0.3 is 0 Å². The number of ether oxygens (including phenoxy) is 3. The highest BCUT2D eigenvalue weighted by Gasteiger charge is 2.16. The van der Waals surface area contributed by atoms with Crippen molar-refractivity contribution >= 4 is 0 Å². The third-order valence-corrected chi connectivity index (χ3v) is 2.86. The lowest BCUT2D eigenvalue weighted by atomic mass is 10.1. The molecular weight excluding hydrogens is 264 g/mol. The van der Waals surface area contributed by atoms with E-state index in [4.69, 9.17) is 14.2 Å². The monoisotopic (exact) mass is 290 g/mol. The summed E-state index contributed by atoms with van der Waals surface area (Å²) in [6.45, 7) is 9.75. The van der Waals surface area contributed by atoms with Crippen LogP contribution in [-0.2, 0) is 6.42 Å². The van der Waals surface area contributed by atoms with Crippen LogP contribution in [0.2, 0.25) is 0 Å². The Labute approximate surface area is 128 Å². The van der Waals surface area contributed by atoms with Crippen LogP contribution in [-0.4, -0.2) is 19.8 Å². The van der Waals surface area contributed by atoms with Crippen LogP contribution in [0.15, 0.2) is 12.1 Å². The van der Waals surface area contributed by atoms with Gasteiger partial charge < -0.3 is 14.2 Å². The second kappa shape index (κ2) is 9.99. The first-order valence-corrected chi connectivity index (χ1v) is 7.78. The molecule has 0 aromatic heterocycles. The molecular formula is C18H26O3. The first-order valence-electron chi connectivity index (χ1n) is 7.78. The molecule has 0 atom stereocenters. The Balaban J connectivity index is 3.08. The normalized spacial score (nSPS) is 9.71. The van der Waals surface area contributed by atoms with Crippen LogP contribution >= 0.6 is 0 Å². The van der Waals surface area contributed by atoms with Crippen LogP contribution in [0.3, 0.4) is 0 Å². The van der Waals surface area contributed by atoms with Crippen molar-refractivity contribution < 1.29 is 14.2 Å². The molecule has 0 saturated heterocycles. The fourth-order valence-electron chi connectivity index (χ4n) is 2.05. The molecule has 1 rings (SSSR count). The molecule has 3 heteroatoms. The molecule has 21 heavy (non-hydrogen) atoms. The van der Waals surface area contributed by atoms with Gasteiger partial charge in [-0.1, -0.05) is 13.0 Å². The van der Waals surface area contributed by atoms with Crippen LogP contribution < -0.4 is 14.2 Å². The van der Waals surface area contributed by atoms with E-state index in [1.54, 1.807) is 0 Å². The van der Waals surface area contributed by atoms with Gasteiger partial charge in [0.2, 0.25) is 5.75 Å². The largest absolute Gasteiger partial charge is 0.490 e. The van der Waals surface area contributed by atoms with Crippen molar-refractivity contribution in [1.29, 1.82) is 0 Å². The van der Waals surface area contributed by atoms with Gasteiger partial charge in [0, 0.05) is 12.8 Å². The van der Waals surface area contributed by atoms with Crippen molar-refractivity contribution in [3.63, 3.8) is 0 Å². The lowest BCUT2D eigenvalue weighted by Gasteiger charge is -2.18. The van der Waals surface area contributed by atoms with E-state index in [-0.39, 0.29) is 0 Å². The van der Waals surface area contributed by atoms with Crippen LogP contribution in [0.4, 0.5) is 0 Å². The van der Waals surface area contributed by atoms with Crippen molar-refractivity contribution in [1.82, 2.24) is 0 Å². The average molecular weight is 290 g/mol. The third kappa shape index (κ3) is 5.23. The van der Waals surface area contributed by atoms with Crippen LogP contribution in [0.5, 0.6) is 17.2 Å². The van der Waals surface area contributed by atoms with E-state index in [0.29, 0.717) is 25.6 Å². The number of rotatable bonds is 8. The number of hydrogen-bond donors (Lipinski definition) is 0. The molecule has 0 aliphatic heterocycles. The molecule has 0 spiro atoms. The van der Waals surface area contributed by atoms with Gasteiger partial charge in [-0.3, -0.25) is 0 Å². The Bertz CT molecular complexity index is 483. The summed E-state index contributed by atoms with van der Waals surface area (Å²) in [6.07, 6.45) is 2.58. The van der Waals surface area contributed by atoms with Gasteiger partial charge in [0.1, 0.15) is 0 Å². The molecule has 1 aromatic rings. The molecule has 0 N–H and O–H groups in total. The molecule has 0 bridgehead atoms. The summed E-state index contributed by atoms with van der Waals surface area (Å²) in [5.74, 6) is 8.51. The zero-order chi connectivity index (χ0) is 15.5.